The molecule has 3 fully saturated rings. The lowest BCUT2D eigenvalue weighted by Crippen LogP contribution is -2.65. The number of carbonyl (C=O) groups excluding carboxylic acids is 2. The van der Waals surface area contributed by atoms with Crippen molar-refractivity contribution in [2.24, 2.45) is 11.8 Å². The summed E-state index contributed by atoms with van der Waals surface area (Å²) in [6.45, 7) is 1.86. The first-order valence-corrected chi connectivity index (χ1v) is 9.94. The van der Waals surface area contributed by atoms with Gasteiger partial charge in [0.05, 0.1) is 25.3 Å². The van der Waals surface area contributed by atoms with Gasteiger partial charge in [-0.05, 0) is 30.4 Å². The molecule has 1 saturated carbocycles. The molecule has 4 aliphatic rings. The van der Waals surface area contributed by atoms with Crippen molar-refractivity contribution in [1.82, 2.24) is 9.21 Å². The molecule has 3 aliphatic heterocycles. The molecular weight excluding hydrogens is 344 g/mol. The minimum Gasteiger partial charge on any atom is -0.371 e. The van der Waals surface area contributed by atoms with Crippen molar-refractivity contribution in [3.05, 3.63) is 29.8 Å². The van der Waals surface area contributed by atoms with E-state index in [-0.39, 0.29) is 34.9 Å². The number of hydrogen-bond donors (Lipinski definition) is 0. The van der Waals surface area contributed by atoms with Gasteiger partial charge in [0, 0.05) is 13.0 Å². The summed E-state index contributed by atoms with van der Waals surface area (Å²) in [5.74, 6) is 0.579. The van der Waals surface area contributed by atoms with Crippen molar-refractivity contribution in [3.8, 4) is 0 Å². The quantitative estimate of drug-likeness (QED) is 0.780. The van der Waals surface area contributed by atoms with E-state index in [0.29, 0.717) is 24.9 Å². The van der Waals surface area contributed by atoms with Crippen molar-refractivity contribution in [3.63, 3.8) is 0 Å². The fraction of sp³-hybridized carbons (Fsp3) is 0.529. The van der Waals surface area contributed by atoms with E-state index < -0.39 is 15.9 Å². The molecule has 0 bridgehead atoms. The van der Waals surface area contributed by atoms with Crippen LogP contribution in [0, 0.1) is 11.8 Å². The predicted molar refractivity (Wildman–Crippen MR) is 86.1 cm³/mol. The molecule has 2 unspecified atom stereocenters. The van der Waals surface area contributed by atoms with Gasteiger partial charge in [0.1, 0.15) is 10.5 Å². The molecule has 7 nitrogen and oxygen atoms in total. The fourth-order valence-electron chi connectivity index (χ4n) is 4.37. The van der Waals surface area contributed by atoms with E-state index in [4.69, 9.17) is 4.74 Å². The third kappa shape index (κ3) is 2.04. The average Bonchev–Trinajstić information content (AvgIpc) is 3.20. The van der Waals surface area contributed by atoms with E-state index in [1.807, 2.05) is 0 Å². The van der Waals surface area contributed by atoms with Crippen LogP contribution in [0.2, 0.25) is 0 Å². The lowest BCUT2D eigenvalue weighted by Gasteiger charge is -2.48. The Kier molecular flexibility index (Phi) is 2.96. The number of carbonyl (C=O) groups is 2. The van der Waals surface area contributed by atoms with Crippen LogP contribution in [-0.2, 0) is 19.6 Å². The molecule has 1 spiro atoms. The van der Waals surface area contributed by atoms with Gasteiger partial charge < -0.3 is 9.64 Å². The van der Waals surface area contributed by atoms with Crippen LogP contribution in [0.1, 0.15) is 23.2 Å². The van der Waals surface area contributed by atoms with Crippen LogP contribution >= 0.6 is 0 Å². The second-order valence-corrected chi connectivity index (χ2v) is 9.19. The minimum absolute atomic E-state index is 0.00311. The first kappa shape index (κ1) is 15.3. The van der Waals surface area contributed by atoms with Crippen LogP contribution in [0.15, 0.2) is 29.2 Å². The summed E-state index contributed by atoms with van der Waals surface area (Å²) in [6.07, 6.45) is 1.20. The molecule has 3 heterocycles. The molecule has 25 heavy (non-hydrogen) atoms. The van der Waals surface area contributed by atoms with Gasteiger partial charge in [-0.1, -0.05) is 12.1 Å². The Morgan fingerprint density at radius 3 is 2.68 bits per heavy atom. The van der Waals surface area contributed by atoms with Gasteiger partial charge in [0.25, 0.3) is 15.9 Å². The molecular formula is C17H18N2O5S. The lowest BCUT2D eigenvalue weighted by molar-refractivity contribution is -0.164. The number of hydrogen-bond acceptors (Lipinski definition) is 5. The number of nitrogens with zero attached hydrogens (tertiary/aromatic N) is 2. The van der Waals surface area contributed by atoms with Crippen molar-refractivity contribution in [2.45, 2.75) is 23.3 Å². The summed E-state index contributed by atoms with van der Waals surface area (Å²) in [4.78, 5) is 26.4. The second kappa shape index (κ2) is 4.82. The predicted octanol–water partition coefficient (Wildman–Crippen LogP) is 0.469. The standard InChI is InChI=1S/C17H18N2O5S/c20-15(18-9-17(10-18)13-7-11(13)8-24-17)5-6-19-16(21)12-3-1-2-4-14(12)25(19,22)23/h1-4,11,13H,5-10H2. The van der Waals surface area contributed by atoms with Gasteiger partial charge >= 0.3 is 0 Å². The zero-order chi connectivity index (χ0) is 17.4. The third-order valence-corrected chi connectivity index (χ3v) is 7.73. The Morgan fingerprint density at radius 2 is 2.04 bits per heavy atom. The molecule has 132 valence electrons. The lowest BCUT2D eigenvalue weighted by atomic mass is 9.88. The van der Waals surface area contributed by atoms with E-state index in [1.165, 1.54) is 18.6 Å². The van der Waals surface area contributed by atoms with Crippen LogP contribution in [0.5, 0.6) is 0 Å². The zero-order valence-electron chi connectivity index (χ0n) is 13.6. The number of rotatable bonds is 3. The number of likely N-dealkylation sites (tertiary alicyclic amines) is 1. The fourth-order valence-corrected chi connectivity index (χ4v) is 5.94. The van der Waals surface area contributed by atoms with Gasteiger partial charge in [-0.3, -0.25) is 9.59 Å². The number of ether oxygens (including phenoxy) is 1. The number of sulfonamides is 1. The molecule has 0 N–H and O–H groups in total. The molecule has 1 aliphatic carbocycles. The maximum atomic E-state index is 12.5. The second-order valence-electron chi connectivity index (χ2n) is 7.36. The third-order valence-electron chi connectivity index (χ3n) is 5.89. The molecule has 5 rings (SSSR count). The zero-order valence-corrected chi connectivity index (χ0v) is 14.4. The van der Waals surface area contributed by atoms with Crippen LogP contribution in [0.25, 0.3) is 0 Å². The highest BCUT2D eigenvalue weighted by Crippen LogP contribution is 2.57. The van der Waals surface area contributed by atoms with Crippen LogP contribution in [-0.4, -0.2) is 61.3 Å². The first-order valence-electron chi connectivity index (χ1n) is 8.50. The molecule has 1 aromatic carbocycles. The summed E-state index contributed by atoms with van der Waals surface area (Å²) < 4.78 is 31.6. The van der Waals surface area contributed by atoms with E-state index in [2.05, 4.69) is 0 Å². The minimum atomic E-state index is -3.84. The van der Waals surface area contributed by atoms with Crippen LogP contribution < -0.4 is 0 Å². The van der Waals surface area contributed by atoms with Crippen molar-refractivity contribution >= 4 is 21.8 Å². The summed E-state index contributed by atoms with van der Waals surface area (Å²) in [5.41, 5.74) is 0.0310. The van der Waals surface area contributed by atoms with Crippen molar-refractivity contribution < 1.29 is 22.7 Å². The smallest absolute Gasteiger partial charge is 0.269 e. The summed E-state index contributed by atoms with van der Waals surface area (Å²) >= 11 is 0. The molecule has 1 aromatic rings. The van der Waals surface area contributed by atoms with Gasteiger partial charge in [-0.2, -0.15) is 0 Å². The van der Waals surface area contributed by atoms with Crippen molar-refractivity contribution in [1.29, 1.82) is 0 Å². The van der Waals surface area contributed by atoms with E-state index in [1.54, 1.807) is 17.0 Å². The van der Waals surface area contributed by atoms with Gasteiger partial charge in [0.2, 0.25) is 5.91 Å². The molecule has 8 heteroatoms. The first-order chi connectivity index (χ1) is 11.9. The number of fused-ring (bicyclic) bond motifs is 3. The summed E-state index contributed by atoms with van der Waals surface area (Å²) in [7, 11) is -3.84. The summed E-state index contributed by atoms with van der Waals surface area (Å²) in [6, 6.07) is 6.14. The molecule has 0 aromatic heterocycles. The topological polar surface area (TPSA) is 84.0 Å². The molecule has 0 radical (unpaired) electrons. The normalized spacial score (nSPS) is 30.2. The highest BCUT2D eigenvalue weighted by atomic mass is 32.2. The van der Waals surface area contributed by atoms with E-state index >= 15 is 0 Å². The Balaban J connectivity index is 1.24. The highest BCUT2D eigenvalue weighted by molar-refractivity contribution is 7.90. The van der Waals surface area contributed by atoms with Gasteiger partial charge in [0.15, 0.2) is 0 Å². The SMILES string of the molecule is O=C(CCN1C(=O)c2ccccc2S1(=O)=O)N1CC2(C1)OCC1CC12. The average molecular weight is 362 g/mol. The molecule has 2 amide bonds. The van der Waals surface area contributed by atoms with Crippen LogP contribution in [0.3, 0.4) is 0 Å². The van der Waals surface area contributed by atoms with Gasteiger partial charge in [-0.25, -0.2) is 12.7 Å². The monoisotopic (exact) mass is 362 g/mol. The molecule has 2 atom stereocenters. The van der Waals surface area contributed by atoms with Crippen LogP contribution in [0.4, 0.5) is 0 Å². The maximum Gasteiger partial charge on any atom is 0.269 e. The Labute approximate surface area is 145 Å². The molecule has 2 saturated heterocycles. The van der Waals surface area contributed by atoms with E-state index in [0.717, 1.165) is 10.9 Å². The number of amides is 2. The van der Waals surface area contributed by atoms with Gasteiger partial charge in [-0.15, -0.1) is 0 Å². The van der Waals surface area contributed by atoms with Crippen molar-refractivity contribution in [2.75, 3.05) is 26.2 Å². The highest BCUT2D eigenvalue weighted by Gasteiger charge is 2.64. The summed E-state index contributed by atoms with van der Waals surface area (Å²) in [5, 5.41) is 0. The largest absolute Gasteiger partial charge is 0.371 e. The maximum absolute atomic E-state index is 12.5. The Morgan fingerprint density at radius 1 is 1.28 bits per heavy atom. The Bertz CT molecular complexity index is 890. The van der Waals surface area contributed by atoms with E-state index in [9.17, 15) is 18.0 Å². The number of benzene rings is 1. The Hall–Kier alpha value is -1.93.